The third-order valence-electron chi connectivity index (χ3n) is 2.99. The number of hydrogen-bond donors (Lipinski definition) is 13. The van der Waals surface area contributed by atoms with Crippen LogP contribution in [0.25, 0.3) is 0 Å². The fourth-order valence-electron chi connectivity index (χ4n) is 1.32. The summed E-state index contributed by atoms with van der Waals surface area (Å²) in [7, 11) is -4.64. The summed E-state index contributed by atoms with van der Waals surface area (Å²) in [4.78, 5) is 41.5. The van der Waals surface area contributed by atoms with Crippen molar-refractivity contribution < 1.29 is 110 Å². The predicted molar refractivity (Wildman–Crippen MR) is 86.5 cm³/mol. The number of carboxylic acid groups (broad SMARTS) is 2. The molecule has 32 heavy (non-hydrogen) atoms. The first-order chi connectivity index (χ1) is 13.8. The second kappa shape index (κ2) is 18.7. The number of phosphoric acid groups is 1. The van der Waals surface area contributed by atoms with Crippen LogP contribution in [0.5, 0.6) is 0 Å². The fraction of sp³-hybridized carbons (Fsp3) is 0.833. The number of aliphatic hydroxyl groups is 10. The van der Waals surface area contributed by atoms with Crippen LogP contribution in [0.2, 0.25) is 0 Å². The molecule has 0 unspecified atom stereocenters. The molecular formula is C12H25O18PZn. The first-order valence-electron chi connectivity index (χ1n) is 7.69. The zero-order chi connectivity index (χ0) is 25.7. The number of aliphatic carboxylic acids is 2. The third-order valence-corrected chi connectivity index (χ3v) is 2.99. The molecule has 0 heterocycles. The summed E-state index contributed by atoms with van der Waals surface area (Å²) in [6, 6.07) is 0. The van der Waals surface area contributed by atoms with Crippen molar-refractivity contribution in [3.05, 3.63) is 0 Å². The Balaban J connectivity index is -0.000000198. The Morgan fingerprint density at radius 3 is 0.938 bits per heavy atom. The van der Waals surface area contributed by atoms with Gasteiger partial charge < -0.3 is 85.5 Å². The van der Waals surface area contributed by atoms with Gasteiger partial charge in [0.05, 0.1) is 25.2 Å². The van der Waals surface area contributed by atoms with Crippen LogP contribution in [0, 0.1) is 0 Å². The van der Waals surface area contributed by atoms with Gasteiger partial charge in [0, 0.05) is 0 Å². The van der Waals surface area contributed by atoms with Crippen LogP contribution >= 0.6 is 7.82 Å². The summed E-state index contributed by atoms with van der Waals surface area (Å²) in [5, 5.41) is 107. The van der Waals surface area contributed by atoms with Gasteiger partial charge in [0.1, 0.15) is 48.8 Å². The van der Waals surface area contributed by atoms with Crippen molar-refractivity contribution in [1.82, 2.24) is 0 Å². The van der Waals surface area contributed by atoms with E-state index in [1.165, 1.54) is 0 Å². The summed E-state index contributed by atoms with van der Waals surface area (Å²) in [6.07, 6.45) is -16.2. The number of rotatable bonds is 10. The maximum atomic E-state index is 9.98. The van der Waals surface area contributed by atoms with Gasteiger partial charge in [-0.25, -0.2) is 4.57 Å². The second-order valence-electron chi connectivity index (χ2n) is 5.50. The Morgan fingerprint density at radius 1 is 0.625 bits per heavy atom. The van der Waals surface area contributed by atoms with Gasteiger partial charge in [-0.2, -0.15) is 0 Å². The fourth-order valence-corrected chi connectivity index (χ4v) is 1.32. The van der Waals surface area contributed by atoms with E-state index < -0.39 is 81.8 Å². The van der Waals surface area contributed by atoms with E-state index in [2.05, 4.69) is 0 Å². The Hall–Kier alpha value is -0.727. The molecule has 0 aromatic carbocycles. The zero-order valence-corrected chi connectivity index (χ0v) is 19.9. The van der Waals surface area contributed by atoms with Gasteiger partial charge in [-0.3, -0.25) is 0 Å². The van der Waals surface area contributed by atoms with Crippen LogP contribution in [0.15, 0.2) is 0 Å². The number of hydrogen-bond acceptors (Lipinski definition) is 15. The predicted octanol–water partition coefficient (Wildman–Crippen LogP) is -10.6. The largest absolute Gasteiger partial charge is 2.00 e. The molecule has 13 N–H and O–H groups in total. The first kappa shape index (κ1) is 38.5. The molecule has 8 atom stereocenters. The summed E-state index contributed by atoms with van der Waals surface area (Å²) >= 11 is 0. The van der Waals surface area contributed by atoms with Gasteiger partial charge in [0.25, 0.3) is 0 Å². The molecule has 0 aliphatic carbocycles. The van der Waals surface area contributed by atoms with Gasteiger partial charge in [-0.15, -0.1) is 0 Å². The molecule has 0 bridgehead atoms. The normalized spacial score (nSPS) is 18.4. The van der Waals surface area contributed by atoms with Crippen molar-refractivity contribution in [3.63, 3.8) is 0 Å². The minimum Gasteiger partial charge on any atom is -0.547 e. The smallest absolute Gasteiger partial charge is 0.547 e. The van der Waals surface area contributed by atoms with Gasteiger partial charge in [-0.1, -0.05) is 0 Å². The van der Waals surface area contributed by atoms with Crippen molar-refractivity contribution in [2.24, 2.45) is 0 Å². The molecular weight excluding hydrogens is 528 g/mol. The van der Waals surface area contributed by atoms with E-state index in [9.17, 15) is 19.8 Å². The van der Waals surface area contributed by atoms with E-state index in [0.29, 0.717) is 0 Å². The van der Waals surface area contributed by atoms with Crippen molar-refractivity contribution in [1.29, 1.82) is 0 Å². The zero-order valence-electron chi connectivity index (χ0n) is 16.0. The van der Waals surface area contributed by atoms with Gasteiger partial charge in [-0.05, 0) is 0 Å². The molecule has 0 aromatic rings. The first-order valence-corrected chi connectivity index (χ1v) is 9.26. The van der Waals surface area contributed by atoms with Crippen molar-refractivity contribution in [2.45, 2.75) is 48.8 Å². The standard InChI is InChI=1S/2C6H12O7.H3O4P.Zn/c2*7-1-2(8)3(9)4(10)5(11)6(12)13;1-5(2,3)4;/h2*2-5,7-11H,1H2,(H,12,13);(H3,1,2,3,4);/q;;;+2/p-2/t2*2-,3-,4+,5-;;/m11../s1. The van der Waals surface area contributed by atoms with Gasteiger partial charge in [0.2, 0.25) is 0 Å². The summed E-state index contributed by atoms with van der Waals surface area (Å²) < 4.78 is 8.88. The Labute approximate surface area is 191 Å². The Kier molecular flexibility index (Phi) is 22.5. The van der Waals surface area contributed by atoms with E-state index in [4.69, 9.17) is 70.3 Å². The topological polar surface area (TPSA) is 360 Å². The minimum absolute atomic E-state index is 0. The van der Waals surface area contributed by atoms with Crippen LogP contribution in [-0.2, 0) is 33.6 Å². The molecule has 0 aliphatic heterocycles. The number of carbonyl (C=O) groups excluding carboxylic acids is 2. The average Bonchev–Trinajstić information content (AvgIpc) is 2.67. The van der Waals surface area contributed by atoms with Crippen LogP contribution < -0.4 is 10.2 Å². The monoisotopic (exact) mass is 552 g/mol. The molecule has 0 radical (unpaired) electrons. The minimum atomic E-state index is -4.64. The maximum absolute atomic E-state index is 9.98. The van der Waals surface area contributed by atoms with Crippen LogP contribution in [0.3, 0.4) is 0 Å². The van der Waals surface area contributed by atoms with E-state index in [0.717, 1.165) is 0 Å². The van der Waals surface area contributed by atoms with E-state index >= 15 is 0 Å². The molecule has 188 valence electrons. The van der Waals surface area contributed by atoms with Crippen molar-refractivity contribution in [3.8, 4) is 0 Å². The third kappa shape index (κ3) is 18.8. The SMILES string of the molecule is O=C([O-])[C@H](O)[C@@H](O)[C@H](O)[C@H](O)CO.O=C([O-])[C@H](O)[C@@H](O)[C@H](O)[C@H](O)CO.O=P(O)(O)O.[Zn+2]. The maximum Gasteiger partial charge on any atom is 2.00 e. The Bertz CT molecular complexity index is 512. The molecule has 0 spiro atoms. The van der Waals surface area contributed by atoms with Crippen molar-refractivity contribution >= 4 is 19.8 Å². The molecule has 18 nitrogen and oxygen atoms in total. The van der Waals surface area contributed by atoms with Crippen LogP contribution in [-0.4, -0.2) is 140 Å². The number of aliphatic hydroxyl groups excluding tert-OH is 10. The molecule has 0 saturated carbocycles. The molecule has 0 amide bonds. The van der Waals surface area contributed by atoms with Gasteiger partial charge in [0.15, 0.2) is 0 Å². The molecule has 20 heteroatoms. The van der Waals surface area contributed by atoms with Gasteiger partial charge >= 0.3 is 27.3 Å². The summed E-state index contributed by atoms with van der Waals surface area (Å²) in [5.74, 6) is -3.95. The molecule has 0 saturated heterocycles. The molecule has 0 rings (SSSR count). The Morgan fingerprint density at radius 2 is 0.812 bits per heavy atom. The molecule has 0 fully saturated rings. The average molecular weight is 554 g/mol. The second-order valence-corrected chi connectivity index (χ2v) is 6.53. The molecule has 0 aromatic heterocycles. The van der Waals surface area contributed by atoms with Crippen LogP contribution in [0.4, 0.5) is 0 Å². The number of carbonyl (C=O) groups is 2. The summed E-state index contributed by atoms with van der Waals surface area (Å²) in [6.45, 7) is -1.73. The van der Waals surface area contributed by atoms with E-state index in [1.54, 1.807) is 0 Å². The summed E-state index contributed by atoms with van der Waals surface area (Å²) in [5.41, 5.74) is 0. The quantitative estimate of drug-likeness (QED) is 0.0881. The van der Waals surface area contributed by atoms with E-state index in [-0.39, 0.29) is 19.5 Å². The van der Waals surface area contributed by atoms with Crippen molar-refractivity contribution in [2.75, 3.05) is 13.2 Å². The molecule has 0 aliphatic rings. The number of carboxylic acids is 2. The van der Waals surface area contributed by atoms with Crippen LogP contribution in [0.1, 0.15) is 0 Å². The van der Waals surface area contributed by atoms with E-state index in [1.807, 2.05) is 0 Å².